The van der Waals surface area contributed by atoms with Gasteiger partial charge in [0.15, 0.2) is 4.90 Å². The minimum Gasteiger partial charge on any atom is -0.336 e. The molecule has 0 aromatic heterocycles. The van der Waals surface area contributed by atoms with E-state index in [-0.39, 0.29) is 42.5 Å². The van der Waals surface area contributed by atoms with E-state index in [4.69, 9.17) is 11.6 Å². The smallest absolute Gasteiger partial charge is 0.270 e. The zero-order valence-corrected chi connectivity index (χ0v) is 16.3. The van der Waals surface area contributed by atoms with Gasteiger partial charge < -0.3 is 4.90 Å². The highest BCUT2D eigenvalue weighted by molar-refractivity contribution is 7.89. The molecule has 1 aliphatic heterocycles. The van der Waals surface area contributed by atoms with Crippen LogP contribution in [0.4, 0.5) is 14.5 Å². The number of piperazine rings is 1. The Kier molecular flexibility index (Phi) is 5.82. The molecule has 1 aliphatic rings. The first-order chi connectivity index (χ1) is 13.6. The Bertz CT molecular complexity index is 1070. The lowest BCUT2D eigenvalue weighted by molar-refractivity contribution is -0.384. The summed E-state index contributed by atoms with van der Waals surface area (Å²) in [5.74, 6) is -3.01. The Morgan fingerprint density at radius 3 is 2.21 bits per heavy atom. The molecule has 0 radical (unpaired) electrons. The zero-order valence-electron chi connectivity index (χ0n) is 14.7. The van der Waals surface area contributed by atoms with Crippen molar-refractivity contribution in [3.63, 3.8) is 0 Å². The van der Waals surface area contributed by atoms with E-state index in [9.17, 15) is 32.1 Å². The number of nitro groups is 1. The van der Waals surface area contributed by atoms with Gasteiger partial charge in [0, 0.05) is 38.3 Å². The number of nitro benzene ring substituents is 1. The first kappa shape index (κ1) is 21.1. The quantitative estimate of drug-likeness (QED) is 0.532. The van der Waals surface area contributed by atoms with Crippen LogP contribution in [0.25, 0.3) is 0 Å². The summed E-state index contributed by atoms with van der Waals surface area (Å²) in [4.78, 5) is 23.1. The third-order valence-corrected chi connectivity index (χ3v) is 6.71. The number of carbonyl (C=O) groups excluding carboxylic acids is 1. The Balaban J connectivity index is 1.78. The number of halogens is 3. The SMILES string of the molecule is O=C(c1cc([N+](=O)[O-])ccc1Cl)N1CCN(S(=O)(=O)c2c(F)cccc2F)CC1. The molecular weight excluding hydrogens is 432 g/mol. The average Bonchev–Trinajstić information content (AvgIpc) is 2.67. The molecule has 2 aromatic rings. The number of hydrogen-bond acceptors (Lipinski definition) is 5. The molecule has 0 saturated carbocycles. The summed E-state index contributed by atoms with van der Waals surface area (Å²) < 4.78 is 53.9. The lowest BCUT2D eigenvalue weighted by Gasteiger charge is -2.34. The van der Waals surface area contributed by atoms with Crippen molar-refractivity contribution in [3.05, 3.63) is 68.7 Å². The summed E-state index contributed by atoms with van der Waals surface area (Å²) in [7, 11) is -4.43. The predicted octanol–water partition coefficient (Wildman–Crippen LogP) is 2.67. The van der Waals surface area contributed by atoms with E-state index < -0.39 is 37.4 Å². The fourth-order valence-electron chi connectivity index (χ4n) is 2.95. The lowest BCUT2D eigenvalue weighted by atomic mass is 10.1. The van der Waals surface area contributed by atoms with Crippen LogP contribution in [0.2, 0.25) is 5.02 Å². The molecule has 0 bridgehead atoms. The van der Waals surface area contributed by atoms with Crippen molar-refractivity contribution < 1.29 is 26.9 Å². The molecule has 0 aliphatic carbocycles. The van der Waals surface area contributed by atoms with E-state index >= 15 is 0 Å². The Labute approximate surface area is 169 Å². The minimum atomic E-state index is -4.43. The third-order valence-electron chi connectivity index (χ3n) is 4.43. The van der Waals surface area contributed by atoms with Crippen LogP contribution in [0.3, 0.4) is 0 Å². The van der Waals surface area contributed by atoms with Gasteiger partial charge in [-0.3, -0.25) is 14.9 Å². The van der Waals surface area contributed by atoms with E-state index in [0.717, 1.165) is 34.6 Å². The van der Waals surface area contributed by atoms with E-state index in [0.29, 0.717) is 0 Å². The Hall–Kier alpha value is -2.63. The molecule has 1 saturated heterocycles. The maximum absolute atomic E-state index is 13.9. The summed E-state index contributed by atoms with van der Waals surface area (Å²) in [5, 5.41) is 10.9. The number of amides is 1. The van der Waals surface area contributed by atoms with Gasteiger partial charge in [-0.05, 0) is 18.2 Å². The molecule has 2 aromatic carbocycles. The standard InChI is InChI=1S/C17H14ClF2N3O5S/c18-13-5-4-11(23(25)26)10-12(13)17(24)21-6-8-22(9-7-21)29(27,28)16-14(19)2-1-3-15(16)20/h1-5,10H,6-9H2. The van der Waals surface area contributed by atoms with Crippen molar-refractivity contribution in [3.8, 4) is 0 Å². The topological polar surface area (TPSA) is 101 Å². The van der Waals surface area contributed by atoms with Crippen LogP contribution in [-0.4, -0.2) is 54.6 Å². The van der Waals surface area contributed by atoms with Crippen LogP contribution in [0.15, 0.2) is 41.3 Å². The second-order valence-corrected chi connectivity index (χ2v) is 8.45. The summed E-state index contributed by atoms with van der Waals surface area (Å²) in [6.07, 6.45) is 0. The maximum Gasteiger partial charge on any atom is 0.270 e. The highest BCUT2D eigenvalue weighted by Gasteiger charge is 2.34. The highest BCUT2D eigenvalue weighted by Crippen LogP contribution is 2.26. The summed E-state index contributed by atoms with van der Waals surface area (Å²) >= 11 is 5.97. The van der Waals surface area contributed by atoms with Crippen LogP contribution in [0, 0.1) is 21.7 Å². The van der Waals surface area contributed by atoms with Gasteiger partial charge in [-0.1, -0.05) is 17.7 Å². The second kappa shape index (κ2) is 8.01. The fraction of sp³-hybridized carbons (Fsp3) is 0.235. The summed E-state index contributed by atoms with van der Waals surface area (Å²) in [6, 6.07) is 6.19. The van der Waals surface area contributed by atoms with Crippen molar-refractivity contribution in [2.24, 2.45) is 0 Å². The molecular formula is C17H14ClF2N3O5S. The minimum absolute atomic E-state index is 0.0177. The first-order valence-electron chi connectivity index (χ1n) is 8.30. The van der Waals surface area contributed by atoms with Crippen molar-refractivity contribution in [2.75, 3.05) is 26.2 Å². The molecule has 0 unspecified atom stereocenters. The molecule has 3 rings (SSSR count). The monoisotopic (exact) mass is 445 g/mol. The predicted molar refractivity (Wildman–Crippen MR) is 99.1 cm³/mol. The molecule has 1 heterocycles. The Morgan fingerprint density at radius 1 is 1.07 bits per heavy atom. The average molecular weight is 446 g/mol. The number of nitrogens with zero attached hydrogens (tertiary/aromatic N) is 3. The van der Waals surface area contributed by atoms with Crippen molar-refractivity contribution in [1.82, 2.24) is 9.21 Å². The fourth-order valence-corrected chi connectivity index (χ4v) is 4.68. The number of carbonyl (C=O) groups is 1. The maximum atomic E-state index is 13.9. The molecule has 29 heavy (non-hydrogen) atoms. The molecule has 8 nitrogen and oxygen atoms in total. The van der Waals surface area contributed by atoms with Crippen LogP contribution >= 0.6 is 11.6 Å². The molecule has 1 amide bonds. The van der Waals surface area contributed by atoms with E-state index in [1.165, 1.54) is 11.0 Å². The molecule has 154 valence electrons. The molecule has 0 atom stereocenters. The van der Waals surface area contributed by atoms with Crippen LogP contribution < -0.4 is 0 Å². The summed E-state index contributed by atoms with van der Waals surface area (Å²) in [6.45, 7) is -0.552. The van der Waals surface area contributed by atoms with E-state index in [1.54, 1.807) is 0 Å². The number of rotatable bonds is 4. The zero-order chi connectivity index (χ0) is 21.3. The van der Waals surface area contributed by atoms with Crippen LogP contribution in [-0.2, 0) is 10.0 Å². The third kappa shape index (κ3) is 4.07. The van der Waals surface area contributed by atoms with Crippen molar-refractivity contribution >= 4 is 33.2 Å². The van der Waals surface area contributed by atoms with Gasteiger partial charge in [0.05, 0.1) is 15.5 Å². The molecule has 12 heteroatoms. The Morgan fingerprint density at radius 2 is 1.66 bits per heavy atom. The van der Waals surface area contributed by atoms with Crippen molar-refractivity contribution in [1.29, 1.82) is 0 Å². The van der Waals surface area contributed by atoms with Gasteiger partial charge >= 0.3 is 0 Å². The number of benzene rings is 2. The largest absolute Gasteiger partial charge is 0.336 e. The lowest BCUT2D eigenvalue weighted by Crippen LogP contribution is -2.50. The van der Waals surface area contributed by atoms with Gasteiger partial charge in [-0.2, -0.15) is 4.31 Å². The van der Waals surface area contributed by atoms with Gasteiger partial charge in [-0.25, -0.2) is 17.2 Å². The van der Waals surface area contributed by atoms with Gasteiger partial charge in [0.1, 0.15) is 11.6 Å². The number of hydrogen-bond donors (Lipinski definition) is 0. The van der Waals surface area contributed by atoms with Crippen LogP contribution in [0.5, 0.6) is 0 Å². The van der Waals surface area contributed by atoms with E-state index in [2.05, 4.69) is 0 Å². The van der Waals surface area contributed by atoms with Gasteiger partial charge in [-0.15, -0.1) is 0 Å². The molecule has 0 spiro atoms. The highest BCUT2D eigenvalue weighted by atomic mass is 35.5. The molecule has 1 fully saturated rings. The summed E-state index contributed by atoms with van der Waals surface area (Å²) in [5.41, 5.74) is -0.397. The normalized spacial score (nSPS) is 15.3. The van der Waals surface area contributed by atoms with Gasteiger partial charge in [0.2, 0.25) is 10.0 Å². The van der Waals surface area contributed by atoms with E-state index in [1.807, 2.05) is 0 Å². The van der Waals surface area contributed by atoms with Gasteiger partial charge in [0.25, 0.3) is 11.6 Å². The molecule has 0 N–H and O–H groups in total. The second-order valence-electron chi connectivity index (χ2n) is 6.17. The van der Waals surface area contributed by atoms with Crippen molar-refractivity contribution in [2.45, 2.75) is 4.90 Å². The first-order valence-corrected chi connectivity index (χ1v) is 10.1. The van der Waals surface area contributed by atoms with Crippen LogP contribution in [0.1, 0.15) is 10.4 Å². The number of non-ortho nitro benzene ring substituents is 1. The number of sulfonamides is 1.